The number of benzene rings is 2. The average Bonchev–Trinajstić information content (AvgIpc) is 2.95. The molecular weight excluding hydrogens is 386 g/mol. The molecule has 0 atom stereocenters. The minimum absolute atomic E-state index is 0.0801. The molecule has 0 saturated carbocycles. The first-order valence-corrected chi connectivity index (χ1v) is 10.2. The second-order valence-electron chi connectivity index (χ2n) is 7.73. The van der Waals surface area contributed by atoms with Crippen LogP contribution < -0.4 is 9.47 Å². The average molecular weight is 412 g/mol. The lowest BCUT2D eigenvalue weighted by Crippen LogP contribution is -2.32. The van der Waals surface area contributed by atoms with Gasteiger partial charge in [0.15, 0.2) is 0 Å². The number of thioether (sulfide) groups is 1. The van der Waals surface area contributed by atoms with Crippen LogP contribution in [0.3, 0.4) is 0 Å². The number of nitrogens with zero attached hydrogens (tertiary/aromatic N) is 1. The monoisotopic (exact) mass is 411 g/mol. The molecule has 0 aliphatic carbocycles. The van der Waals surface area contributed by atoms with Crippen molar-refractivity contribution in [3.8, 4) is 11.5 Å². The van der Waals surface area contributed by atoms with Crippen molar-refractivity contribution < 1.29 is 19.1 Å². The quantitative estimate of drug-likeness (QED) is 0.619. The summed E-state index contributed by atoms with van der Waals surface area (Å²) in [5.74, 6) is 1.17. The van der Waals surface area contributed by atoms with Gasteiger partial charge in [0.1, 0.15) is 18.1 Å². The summed E-state index contributed by atoms with van der Waals surface area (Å²) in [5, 5.41) is -0.276. The Kier molecular flexibility index (Phi) is 6.33. The molecule has 0 spiro atoms. The van der Waals surface area contributed by atoms with Crippen LogP contribution in [0.2, 0.25) is 0 Å². The standard InChI is InChI=1S/C23H25NO4S/c1-23(2,3)17-7-11-19(12-8-17)28-14-13-24-21(25)20(29-22(24)26)15-16-5-9-18(27-4)10-6-16/h5-12,15H,13-14H2,1-4H3/b20-15-. The van der Waals surface area contributed by atoms with Gasteiger partial charge < -0.3 is 9.47 Å². The maximum absolute atomic E-state index is 12.6. The van der Waals surface area contributed by atoms with Gasteiger partial charge in [0.2, 0.25) is 0 Å². The van der Waals surface area contributed by atoms with E-state index in [2.05, 4.69) is 20.8 Å². The number of rotatable bonds is 6. The van der Waals surface area contributed by atoms with Crippen LogP contribution in [-0.2, 0) is 10.2 Å². The highest BCUT2D eigenvalue weighted by Gasteiger charge is 2.34. The van der Waals surface area contributed by atoms with Gasteiger partial charge in [0.25, 0.3) is 11.1 Å². The lowest BCUT2D eigenvalue weighted by molar-refractivity contribution is -0.123. The third-order valence-corrected chi connectivity index (χ3v) is 5.50. The second-order valence-corrected chi connectivity index (χ2v) is 8.72. The van der Waals surface area contributed by atoms with Crippen molar-refractivity contribution >= 4 is 29.0 Å². The Labute approximate surface area is 175 Å². The molecule has 2 amide bonds. The Morgan fingerprint density at radius 1 is 0.966 bits per heavy atom. The maximum Gasteiger partial charge on any atom is 0.293 e. The van der Waals surface area contributed by atoms with Crippen molar-refractivity contribution in [2.24, 2.45) is 0 Å². The van der Waals surface area contributed by atoms with Crippen LogP contribution in [0.25, 0.3) is 6.08 Å². The molecule has 0 unspecified atom stereocenters. The van der Waals surface area contributed by atoms with Gasteiger partial charge in [0.05, 0.1) is 18.6 Å². The summed E-state index contributed by atoms with van der Waals surface area (Å²) < 4.78 is 10.9. The number of hydrogen-bond acceptors (Lipinski definition) is 5. The first-order valence-electron chi connectivity index (χ1n) is 9.41. The van der Waals surface area contributed by atoms with Gasteiger partial charge in [-0.1, -0.05) is 45.0 Å². The third-order valence-electron chi connectivity index (χ3n) is 4.59. The van der Waals surface area contributed by atoms with Crippen LogP contribution >= 0.6 is 11.8 Å². The Morgan fingerprint density at radius 2 is 1.59 bits per heavy atom. The Bertz CT molecular complexity index is 911. The van der Waals surface area contributed by atoms with E-state index in [1.165, 1.54) is 10.5 Å². The Balaban J connectivity index is 1.58. The van der Waals surface area contributed by atoms with Gasteiger partial charge in [-0.3, -0.25) is 14.5 Å². The van der Waals surface area contributed by atoms with Crippen LogP contribution in [0, 0.1) is 0 Å². The molecule has 0 aromatic heterocycles. The molecule has 0 bridgehead atoms. The summed E-state index contributed by atoms with van der Waals surface area (Å²) in [5.41, 5.74) is 2.14. The molecule has 1 heterocycles. The van der Waals surface area contributed by atoms with Crippen molar-refractivity contribution in [1.82, 2.24) is 4.90 Å². The predicted octanol–water partition coefficient (Wildman–Crippen LogP) is 5.11. The van der Waals surface area contributed by atoms with Gasteiger partial charge in [-0.05, 0) is 58.6 Å². The fourth-order valence-electron chi connectivity index (χ4n) is 2.85. The van der Waals surface area contributed by atoms with Crippen LogP contribution in [0.15, 0.2) is 53.4 Å². The second kappa shape index (κ2) is 8.74. The Morgan fingerprint density at radius 3 is 2.17 bits per heavy atom. The number of ether oxygens (including phenoxy) is 2. The van der Waals surface area contributed by atoms with Crippen molar-refractivity contribution in [3.05, 3.63) is 64.6 Å². The van der Waals surface area contributed by atoms with Crippen LogP contribution in [0.1, 0.15) is 31.9 Å². The molecule has 1 fully saturated rings. The van der Waals surface area contributed by atoms with E-state index in [-0.39, 0.29) is 29.7 Å². The van der Waals surface area contributed by atoms with E-state index in [0.29, 0.717) is 4.91 Å². The van der Waals surface area contributed by atoms with E-state index in [0.717, 1.165) is 28.8 Å². The largest absolute Gasteiger partial charge is 0.497 e. The zero-order chi connectivity index (χ0) is 21.0. The molecule has 2 aromatic carbocycles. The topological polar surface area (TPSA) is 55.8 Å². The van der Waals surface area contributed by atoms with E-state index in [1.807, 2.05) is 48.5 Å². The van der Waals surface area contributed by atoms with Crippen molar-refractivity contribution in [1.29, 1.82) is 0 Å². The molecule has 0 N–H and O–H groups in total. The molecule has 0 radical (unpaired) electrons. The SMILES string of the molecule is COc1ccc(/C=C2\SC(=O)N(CCOc3ccc(C(C)(C)C)cc3)C2=O)cc1. The highest BCUT2D eigenvalue weighted by Crippen LogP contribution is 2.32. The van der Waals surface area contributed by atoms with E-state index in [4.69, 9.17) is 9.47 Å². The first-order chi connectivity index (χ1) is 13.8. The number of carbonyl (C=O) groups excluding carboxylic acids is 2. The fraction of sp³-hybridized carbons (Fsp3) is 0.304. The molecule has 5 nitrogen and oxygen atoms in total. The van der Waals surface area contributed by atoms with Gasteiger partial charge in [-0.25, -0.2) is 0 Å². The molecular formula is C23H25NO4S. The minimum atomic E-state index is -0.289. The molecule has 152 valence electrons. The van der Waals surface area contributed by atoms with Crippen molar-refractivity contribution in [3.63, 3.8) is 0 Å². The smallest absolute Gasteiger partial charge is 0.293 e. The predicted molar refractivity (Wildman–Crippen MR) is 116 cm³/mol. The van der Waals surface area contributed by atoms with Gasteiger partial charge in [-0.2, -0.15) is 0 Å². The number of hydrogen-bond donors (Lipinski definition) is 0. The summed E-state index contributed by atoms with van der Waals surface area (Å²) >= 11 is 0.949. The van der Waals surface area contributed by atoms with Gasteiger partial charge in [-0.15, -0.1) is 0 Å². The lowest BCUT2D eigenvalue weighted by atomic mass is 9.87. The summed E-state index contributed by atoms with van der Waals surface area (Å²) in [4.78, 5) is 26.4. The van der Waals surface area contributed by atoms with E-state index >= 15 is 0 Å². The molecule has 3 rings (SSSR count). The molecule has 1 aliphatic rings. The molecule has 6 heteroatoms. The maximum atomic E-state index is 12.6. The van der Waals surface area contributed by atoms with Gasteiger partial charge >= 0.3 is 0 Å². The number of imide groups is 1. The first kappa shape index (κ1) is 21.0. The van der Waals surface area contributed by atoms with Crippen LogP contribution in [0.4, 0.5) is 4.79 Å². The van der Waals surface area contributed by atoms with Crippen LogP contribution in [0.5, 0.6) is 11.5 Å². The zero-order valence-electron chi connectivity index (χ0n) is 17.1. The highest BCUT2D eigenvalue weighted by atomic mass is 32.2. The normalized spacial score (nSPS) is 15.9. The van der Waals surface area contributed by atoms with E-state index < -0.39 is 0 Å². The van der Waals surface area contributed by atoms with E-state index in [9.17, 15) is 9.59 Å². The van der Waals surface area contributed by atoms with Gasteiger partial charge in [0, 0.05) is 0 Å². The molecule has 1 aliphatic heterocycles. The Hall–Kier alpha value is -2.73. The summed E-state index contributed by atoms with van der Waals surface area (Å²) in [7, 11) is 1.60. The lowest BCUT2D eigenvalue weighted by Gasteiger charge is -2.19. The minimum Gasteiger partial charge on any atom is -0.497 e. The molecule has 29 heavy (non-hydrogen) atoms. The van der Waals surface area contributed by atoms with Crippen molar-refractivity contribution in [2.45, 2.75) is 26.2 Å². The zero-order valence-corrected chi connectivity index (χ0v) is 17.9. The number of carbonyl (C=O) groups is 2. The molecule has 1 saturated heterocycles. The highest BCUT2D eigenvalue weighted by molar-refractivity contribution is 8.18. The van der Waals surface area contributed by atoms with E-state index in [1.54, 1.807) is 13.2 Å². The van der Waals surface area contributed by atoms with Crippen LogP contribution in [-0.4, -0.2) is 36.3 Å². The summed E-state index contributed by atoms with van der Waals surface area (Å²) in [6.07, 6.45) is 1.72. The van der Waals surface area contributed by atoms with Crippen molar-refractivity contribution in [2.75, 3.05) is 20.3 Å². The fourth-order valence-corrected chi connectivity index (χ4v) is 3.72. The summed E-state index contributed by atoms with van der Waals surface area (Å²) in [6, 6.07) is 15.2. The number of methoxy groups -OCH3 is 1. The number of amides is 2. The third kappa shape index (κ3) is 5.21. The summed E-state index contributed by atoms with van der Waals surface area (Å²) in [6.45, 7) is 6.93. The molecule has 2 aromatic rings.